The molecule has 0 aliphatic rings. The van der Waals surface area contributed by atoms with E-state index in [1.165, 1.54) is 0 Å². The molecule has 0 radical (unpaired) electrons. The number of ether oxygens (including phenoxy) is 1. The highest BCUT2D eigenvalue weighted by molar-refractivity contribution is 5.87. The van der Waals surface area contributed by atoms with Crippen LogP contribution in [-0.4, -0.2) is 33.6 Å². The molecule has 6 heteroatoms. The lowest BCUT2D eigenvalue weighted by Crippen LogP contribution is -2.15. The zero-order valence-electron chi connectivity index (χ0n) is 10.5. The molecule has 19 heavy (non-hydrogen) atoms. The van der Waals surface area contributed by atoms with Crippen LogP contribution in [0.2, 0.25) is 0 Å². The van der Waals surface area contributed by atoms with Gasteiger partial charge in [-0.05, 0) is 37.3 Å². The van der Waals surface area contributed by atoms with Crippen molar-refractivity contribution < 1.29 is 14.6 Å². The number of aliphatic hydroxyl groups is 1. The molecule has 1 aromatic carbocycles. The molecule has 0 aliphatic carbocycles. The average molecular weight is 261 g/mol. The summed E-state index contributed by atoms with van der Waals surface area (Å²) in [6.07, 6.45) is 0.966. The van der Waals surface area contributed by atoms with Gasteiger partial charge in [-0.2, -0.15) is 5.10 Å². The first-order valence-electron chi connectivity index (χ1n) is 5.83. The van der Waals surface area contributed by atoms with Crippen molar-refractivity contribution in [2.75, 3.05) is 12.3 Å². The van der Waals surface area contributed by atoms with Gasteiger partial charge in [0, 0.05) is 11.9 Å². The number of anilines is 1. The minimum absolute atomic E-state index is 0.0481. The van der Waals surface area contributed by atoms with E-state index in [0.717, 1.165) is 5.69 Å². The molecule has 0 spiro atoms. The molecule has 100 valence electrons. The second-order valence-electron chi connectivity index (χ2n) is 4.18. The van der Waals surface area contributed by atoms with Gasteiger partial charge in [0.2, 0.25) is 0 Å². The van der Waals surface area contributed by atoms with Gasteiger partial charge >= 0.3 is 5.97 Å². The Labute approximate surface area is 110 Å². The molecule has 0 saturated carbocycles. The lowest BCUT2D eigenvalue weighted by molar-refractivity contribution is 0.0290. The first-order valence-corrected chi connectivity index (χ1v) is 5.83. The largest absolute Gasteiger partial charge is 0.458 e. The van der Waals surface area contributed by atoms with Crippen LogP contribution >= 0.6 is 0 Å². The van der Waals surface area contributed by atoms with Crippen molar-refractivity contribution in [1.82, 2.24) is 9.78 Å². The van der Waals surface area contributed by atoms with Crippen molar-refractivity contribution in [3.05, 3.63) is 42.2 Å². The molecule has 2 rings (SSSR count). The maximum Gasteiger partial charge on any atom is 0.358 e. The Bertz CT molecular complexity index is 561. The minimum Gasteiger partial charge on any atom is -0.458 e. The number of aliphatic hydroxyl groups excluding tert-OH is 1. The summed E-state index contributed by atoms with van der Waals surface area (Å²) in [4.78, 5) is 11.6. The van der Waals surface area contributed by atoms with E-state index in [1.54, 1.807) is 48.1 Å². The Kier molecular flexibility index (Phi) is 3.82. The lowest BCUT2D eigenvalue weighted by atomic mass is 10.3. The highest BCUT2D eigenvalue weighted by atomic mass is 16.5. The summed E-state index contributed by atoms with van der Waals surface area (Å²) in [5.74, 6) is -0.560. The van der Waals surface area contributed by atoms with Crippen LogP contribution in [0.5, 0.6) is 0 Å². The number of nitrogen functional groups attached to an aromatic ring is 1. The number of nitrogens with zero attached hydrogens (tertiary/aromatic N) is 2. The van der Waals surface area contributed by atoms with E-state index < -0.39 is 12.1 Å². The van der Waals surface area contributed by atoms with Crippen LogP contribution in [0, 0.1) is 0 Å². The summed E-state index contributed by atoms with van der Waals surface area (Å²) in [5, 5.41) is 13.2. The molecular formula is C13H15N3O3. The molecule has 1 aromatic heterocycles. The van der Waals surface area contributed by atoms with Crippen LogP contribution in [0.25, 0.3) is 5.69 Å². The first kappa shape index (κ1) is 13.1. The Balaban J connectivity index is 2.10. The van der Waals surface area contributed by atoms with Crippen LogP contribution in [0.15, 0.2) is 36.5 Å². The highest BCUT2D eigenvalue weighted by Crippen LogP contribution is 2.11. The van der Waals surface area contributed by atoms with Gasteiger partial charge in [-0.3, -0.25) is 0 Å². The lowest BCUT2D eigenvalue weighted by Gasteiger charge is -2.04. The van der Waals surface area contributed by atoms with Gasteiger partial charge < -0.3 is 15.6 Å². The van der Waals surface area contributed by atoms with E-state index in [-0.39, 0.29) is 12.3 Å². The zero-order chi connectivity index (χ0) is 13.8. The van der Waals surface area contributed by atoms with E-state index in [4.69, 9.17) is 15.6 Å². The maximum atomic E-state index is 11.6. The molecule has 2 aromatic rings. The zero-order valence-corrected chi connectivity index (χ0v) is 10.5. The molecule has 3 N–H and O–H groups in total. The number of hydrogen-bond acceptors (Lipinski definition) is 5. The molecule has 0 bridgehead atoms. The number of aromatic nitrogens is 2. The summed E-state index contributed by atoms with van der Waals surface area (Å²) < 4.78 is 6.43. The van der Waals surface area contributed by atoms with Crippen molar-refractivity contribution in [3.8, 4) is 5.69 Å². The van der Waals surface area contributed by atoms with Crippen molar-refractivity contribution in [2.24, 2.45) is 0 Å². The Morgan fingerprint density at radius 2 is 2.11 bits per heavy atom. The number of esters is 1. The van der Waals surface area contributed by atoms with E-state index in [0.29, 0.717) is 5.69 Å². The van der Waals surface area contributed by atoms with Crippen molar-refractivity contribution in [1.29, 1.82) is 0 Å². The van der Waals surface area contributed by atoms with Gasteiger partial charge in [-0.15, -0.1) is 0 Å². The summed E-state index contributed by atoms with van der Waals surface area (Å²) in [6, 6.07) is 8.66. The van der Waals surface area contributed by atoms with E-state index in [2.05, 4.69) is 5.10 Å². The summed E-state index contributed by atoms with van der Waals surface area (Å²) >= 11 is 0. The smallest absolute Gasteiger partial charge is 0.358 e. The first-order chi connectivity index (χ1) is 9.06. The molecule has 1 unspecified atom stereocenters. The predicted molar refractivity (Wildman–Crippen MR) is 69.9 cm³/mol. The quantitative estimate of drug-likeness (QED) is 0.632. The Morgan fingerprint density at radius 3 is 2.74 bits per heavy atom. The summed E-state index contributed by atoms with van der Waals surface area (Å²) in [5.41, 5.74) is 7.25. The third-order valence-corrected chi connectivity index (χ3v) is 2.41. The molecule has 0 aliphatic heterocycles. The topological polar surface area (TPSA) is 90.4 Å². The number of rotatable bonds is 4. The van der Waals surface area contributed by atoms with Gasteiger partial charge in [-0.1, -0.05) is 0 Å². The van der Waals surface area contributed by atoms with Crippen LogP contribution in [0.1, 0.15) is 17.4 Å². The molecule has 1 heterocycles. The second kappa shape index (κ2) is 5.53. The summed E-state index contributed by atoms with van der Waals surface area (Å²) in [7, 11) is 0. The van der Waals surface area contributed by atoms with Crippen molar-refractivity contribution in [3.63, 3.8) is 0 Å². The Morgan fingerprint density at radius 1 is 1.42 bits per heavy atom. The normalized spacial score (nSPS) is 12.1. The van der Waals surface area contributed by atoms with Crippen LogP contribution < -0.4 is 5.73 Å². The third-order valence-electron chi connectivity index (χ3n) is 2.41. The minimum atomic E-state index is -0.692. The van der Waals surface area contributed by atoms with Crippen LogP contribution in [0.4, 0.5) is 5.69 Å². The number of hydrogen-bond donors (Lipinski definition) is 2. The van der Waals surface area contributed by atoms with Gasteiger partial charge in [0.1, 0.15) is 6.61 Å². The molecule has 1 atom stereocenters. The van der Waals surface area contributed by atoms with Crippen LogP contribution in [-0.2, 0) is 4.74 Å². The van der Waals surface area contributed by atoms with Gasteiger partial charge in [-0.25, -0.2) is 9.48 Å². The highest BCUT2D eigenvalue weighted by Gasteiger charge is 2.12. The van der Waals surface area contributed by atoms with Gasteiger partial charge in [0.15, 0.2) is 5.69 Å². The van der Waals surface area contributed by atoms with Crippen molar-refractivity contribution in [2.45, 2.75) is 13.0 Å². The fourth-order valence-corrected chi connectivity index (χ4v) is 1.47. The van der Waals surface area contributed by atoms with Gasteiger partial charge in [0.05, 0.1) is 11.8 Å². The molecule has 0 saturated heterocycles. The van der Waals surface area contributed by atoms with Crippen LogP contribution in [0.3, 0.4) is 0 Å². The number of carbonyl (C=O) groups is 1. The molecule has 0 amide bonds. The third kappa shape index (κ3) is 3.32. The van der Waals surface area contributed by atoms with E-state index in [9.17, 15) is 4.79 Å². The Hall–Kier alpha value is -2.34. The number of nitrogens with two attached hydrogens (primary N) is 1. The number of carbonyl (C=O) groups excluding carboxylic acids is 1. The standard InChI is InChI=1S/C13H15N3O3/c1-9(17)8-19-13(18)12-6-7-16(15-12)11-4-2-10(14)3-5-11/h2-7,9,17H,8,14H2,1H3. The predicted octanol–water partition coefficient (Wildman–Crippen LogP) is 0.992. The average Bonchev–Trinajstić information content (AvgIpc) is 2.86. The van der Waals surface area contributed by atoms with E-state index in [1.807, 2.05) is 0 Å². The fraction of sp³-hybridized carbons (Fsp3) is 0.231. The monoisotopic (exact) mass is 261 g/mol. The fourth-order valence-electron chi connectivity index (χ4n) is 1.47. The number of benzene rings is 1. The summed E-state index contributed by atoms with van der Waals surface area (Å²) in [6.45, 7) is 1.49. The van der Waals surface area contributed by atoms with Gasteiger partial charge in [0.25, 0.3) is 0 Å². The molecule has 6 nitrogen and oxygen atoms in total. The molecule has 0 fully saturated rings. The molecular weight excluding hydrogens is 246 g/mol. The maximum absolute atomic E-state index is 11.6. The van der Waals surface area contributed by atoms with Crippen molar-refractivity contribution >= 4 is 11.7 Å². The van der Waals surface area contributed by atoms with E-state index >= 15 is 0 Å². The second-order valence-corrected chi connectivity index (χ2v) is 4.18. The SMILES string of the molecule is CC(O)COC(=O)c1ccn(-c2ccc(N)cc2)n1.